The van der Waals surface area contributed by atoms with Crippen LogP contribution in [0.3, 0.4) is 0 Å². The van der Waals surface area contributed by atoms with E-state index in [-0.39, 0.29) is 18.0 Å². The van der Waals surface area contributed by atoms with Gasteiger partial charge in [0.1, 0.15) is 18.1 Å². The predicted molar refractivity (Wildman–Crippen MR) is 123 cm³/mol. The minimum Gasteiger partial charge on any atom is -0.492 e. The summed E-state index contributed by atoms with van der Waals surface area (Å²) in [6, 6.07) is 14.6. The Kier molecular flexibility index (Phi) is 7.14. The second-order valence-corrected chi connectivity index (χ2v) is 8.18. The van der Waals surface area contributed by atoms with Crippen LogP contribution in [-0.2, 0) is 0 Å². The zero-order valence-corrected chi connectivity index (χ0v) is 18.6. The van der Waals surface area contributed by atoms with E-state index in [1.54, 1.807) is 0 Å². The van der Waals surface area contributed by atoms with Gasteiger partial charge in [0.15, 0.2) is 0 Å². The number of benzene rings is 2. The van der Waals surface area contributed by atoms with Crippen molar-refractivity contribution >= 4 is 17.6 Å². The topological polar surface area (TPSA) is 71.1 Å². The summed E-state index contributed by atoms with van der Waals surface area (Å²) in [7, 11) is 0. The van der Waals surface area contributed by atoms with E-state index in [2.05, 4.69) is 5.32 Å². The first-order valence-electron chi connectivity index (χ1n) is 11.5. The molecule has 1 atom stereocenters. The predicted octanol–water partition coefficient (Wildman–Crippen LogP) is 4.40. The van der Waals surface area contributed by atoms with Crippen molar-refractivity contribution in [3.05, 3.63) is 54.1 Å². The molecule has 0 aromatic heterocycles. The molecule has 2 aliphatic heterocycles. The first kappa shape index (κ1) is 22.0. The second kappa shape index (κ2) is 10.4. The van der Waals surface area contributed by atoms with E-state index in [9.17, 15) is 9.59 Å². The van der Waals surface area contributed by atoms with Crippen molar-refractivity contribution < 1.29 is 19.1 Å². The molecule has 2 aromatic rings. The average molecular weight is 438 g/mol. The van der Waals surface area contributed by atoms with Crippen molar-refractivity contribution in [1.29, 1.82) is 0 Å². The molecule has 0 saturated carbocycles. The zero-order valence-electron chi connectivity index (χ0n) is 18.6. The van der Waals surface area contributed by atoms with Crippen LogP contribution in [0.15, 0.2) is 48.5 Å². The number of rotatable bonds is 7. The molecule has 2 fully saturated rings. The van der Waals surface area contributed by atoms with Crippen LogP contribution in [-0.4, -0.2) is 60.6 Å². The number of hydrogen-bond acceptors (Lipinski definition) is 4. The van der Waals surface area contributed by atoms with E-state index in [1.807, 2.05) is 65.3 Å². The largest absolute Gasteiger partial charge is 0.492 e. The highest BCUT2D eigenvalue weighted by Gasteiger charge is 2.30. The summed E-state index contributed by atoms with van der Waals surface area (Å²) in [6.45, 7) is 5.24. The number of nitrogens with one attached hydrogen (secondary N) is 1. The average Bonchev–Trinajstić information content (AvgIpc) is 3.51. The van der Waals surface area contributed by atoms with Gasteiger partial charge in [-0.3, -0.25) is 4.79 Å². The van der Waals surface area contributed by atoms with Gasteiger partial charge in [-0.25, -0.2) is 4.79 Å². The Morgan fingerprint density at radius 1 is 0.969 bits per heavy atom. The lowest BCUT2D eigenvalue weighted by Crippen LogP contribution is -2.41. The maximum Gasteiger partial charge on any atom is 0.322 e. The Bertz CT molecular complexity index is 925. The van der Waals surface area contributed by atoms with Crippen molar-refractivity contribution in [1.82, 2.24) is 9.80 Å². The van der Waals surface area contributed by atoms with Crippen LogP contribution in [0.4, 0.5) is 10.5 Å². The Morgan fingerprint density at radius 3 is 2.47 bits per heavy atom. The Hall–Kier alpha value is -3.22. The molecule has 4 rings (SSSR count). The van der Waals surface area contributed by atoms with Crippen molar-refractivity contribution in [3.63, 3.8) is 0 Å². The van der Waals surface area contributed by atoms with Gasteiger partial charge in [0, 0.05) is 25.2 Å². The number of urea groups is 1. The van der Waals surface area contributed by atoms with Crippen LogP contribution in [0.25, 0.3) is 0 Å². The molecule has 1 unspecified atom stereocenters. The molecule has 0 radical (unpaired) electrons. The molecular formula is C25H31N3O4. The summed E-state index contributed by atoms with van der Waals surface area (Å²) < 4.78 is 11.6. The van der Waals surface area contributed by atoms with Gasteiger partial charge < -0.3 is 24.6 Å². The molecule has 2 saturated heterocycles. The Morgan fingerprint density at radius 2 is 1.72 bits per heavy atom. The van der Waals surface area contributed by atoms with Gasteiger partial charge in [0.05, 0.1) is 18.3 Å². The number of carbonyl (C=O) groups is 2. The molecule has 0 spiro atoms. The van der Waals surface area contributed by atoms with E-state index in [1.165, 1.54) is 0 Å². The van der Waals surface area contributed by atoms with E-state index < -0.39 is 0 Å². The quantitative estimate of drug-likeness (QED) is 0.697. The van der Waals surface area contributed by atoms with Crippen LogP contribution in [0.2, 0.25) is 0 Å². The van der Waals surface area contributed by atoms with Gasteiger partial charge in [-0.15, -0.1) is 0 Å². The summed E-state index contributed by atoms with van der Waals surface area (Å²) in [5.41, 5.74) is 1.36. The zero-order chi connectivity index (χ0) is 22.3. The van der Waals surface area contributed by atoms with Gasteiger partial charge in [-0.2, -0.15) is 0 Å². The van der Waals surface area contributed by atoms with Gasteiger partial charge in [-0.05, 0) is 69.0 Å². The number of ether oxygens (including phenoxy) is 2. The third-order valence-corrected chi connectivity index (χ3v) is 6.00. The van der Waals surface area contributed by atoms with Gasteiger partial charge in [0.25, 0.3) is 5.91 Å². The molecule has 2 heterocycles. The smallest absolute Gasteiger partial charge is 0.322 e. The molecular weight excluding hydrogens is 406 g/mol. The highest BCUT2D eigenvalue weighted by atomic mass is 16.5. The SMILES string of the molecule is CCOc1ccccc1NC(=O)N1CCCC1COc1ccc(C(=O)N2CCCC2)cc1. The minimum atomic E-state index is -0.144. The fourth-order valence-electron chi connectivity index (χ4n) is 4.30. The summed E-state index contributed by atoms with van der Waals surface area (Å²) in [5, 5.41) is 2.98. The van der Waals surface area contributed by atoms with Gasteiger partial charge >= 0.3 is 6.03 Å². The summed E-state index contributed by atoms with van der Waals surface area (Å²) >= 11 is 0. The molecule has 7 nitrogen and oxygen atoms in total. The lowest BCUT2D eigenvalue weighted by molar-refractivity contribution is 0.0792. The number of anilines is 1. The van der Waals surface area contributed by atoms with Crippen LogP contribution in [0.1, 0.15) is 43.0 Å². The van der Waals surface area contributed by atoms with E-state index in [0.29, 0.717) is 42.5 Å². The third-order valence-electron chi connectivity index (χ3n) is 6.00. The first-order valence-corrected chi connectivity index (χ1v) is 11.5. The summed E-state index contributed by atoms with van der Waals surface area (Å²) in [4.78, 5) is 29.1. The van der Waals surface area contributed by atoms with E-state index >= 15 is 0 Å². The minimum absolute atomic E-state index is 0.000152. The standard InChI is InChI=1S/C25H31N3O4/c1-2-31-23-10-4-3-9-22(23)26-25(30)28-17-7-8-20(28)18-32-21-13-11-19(12-14-21)24(29)27-15-5-6-16-27/h3-4,9-14,20H,2,5-8,15-18H2,1H3,(H,26,30). The van der Waals surface area contributed by atoms with Gasteiger partial charge in [-0.1, -0.05) is 12.1 Å². The second-order valence-electron chi connectivity index (χ2n) is 8.18. The van der Waals surface area contributed by atoms with Crippen molar-refractivity contribution in [3.8, 4) is 11.5 Å². The Labute approximate surface area is 189 Å². The first-order chi connectivity index (χ1) is 15.7. The lowest BCUT2D eigenvalue weighted by atomic mass is 10.2. The number of para-hydroxylation sites is 2. The van der Waals surface area contributed by atoms with Crippen LogP contribution >= 0.6 is 0 Å². The summed E-state index contributed by atoms with van der Waals surface area (Å²) in [6.07, 6.45) is 4.00. The number of carbonyl (C=O) groups excluding carboxylic acids is 2. The molecule has 170 valence electrons. The molecule has 1 N–H and O–H groups in total. The highest BCUT2D eigenvalue weighted by Crippen LogP contribution is 2.26. The fraction of sp³-hybridized carbons (Fsp3) is 0.440. The third kappa shape index (κ3) is 5.15. The highest BCUT2D eigenvalue weighted by molar-refractivity contribution is 5.94. The van der Waals surface area contributed by atoms with Gasteiger partial charge in [0.2, 0.25) is 0 Å². The van der Waals surface area contributed by atoms with E-state index in [4.69, 9.17) is 9.47 Å². The van der Waals surface area contributed by atoms with Crippen LogP contribution < -0.4 is 14.8 Å². The maximum atomic E-state index is 12.9. The molecule has 7 heteroatoms. The maximum absolute atomic E-state index is 12.9. The van der Waals surface area contributed by atoms with Crippen molar-refractivity contribution in [2.75, 3.05) is 38.2 Å². The number of likely N-dealkylation sites (tertiary alicyclic amines) is 2. The monoisotopic (exact) mass is 437 g/mol. The fourth-order valence-corrected chi connectivity index (χ4v) is 4.30. The van der Waals surface area contributed by atoms with E-state index in [0.717, 1.165) is 38.8 Å². The molecule has 0 bridgehead atoms. The lowest BCUT2D eigenvalue weighted by Gasteiger charge is -2.25. The molecule has 2 aromatic carbocycles. The number of amides is 3. The van der Waals surface area contributed by atoms with Crippen LogP contribution in [0.5, 0.6) is 11.5 Å². The Balaban J connectivity index is 1.32. The molecule has 32 heavy (non-hydrogen) atoms. The molecule has 0 aliphatic carbocycles. The molecule has 3 amide bonds. The van der Waals surface area contributed by atoms with Crippen molar-refractivity contribution in [2.24, 2.45) is 0 Å². The van der Waals surface area contributed by atoms with Crippen LogP contribution in [0, 0.1) is 0 Å². The molecule has 2 aliphatic rings. The number of nitrogens with zero attached hydrogens (tertiary/aromatic N) is 2. The number of hydrogen-bond donors (Lipinski definition) is 1. The van der Waals surface area contributed by atoms with Crippen molar-refractivity contribution in [2.45, 2.75) is 38.6 Å². The summed E-state index contributed by atoms with van der Waals surface area (Å²) in [5.74, 6) is 1.45. The normalized spacial score (nSPS) is 18.0.